The summed E-state index contributed by atoms with van der Waals surface area (Å²) in [6.45, 7) is 1.53. The van der Waals surface area contributed by atoms with Crippen LogP contribution >= 0.6 is 11.8 Å². The smallest absolute Gasteiger partial charge is 0.328 e. The zero-order chi connectivity index (χ0) is 19.3. The molecule has 8 nitrogen and oxygen atoms in total. The number of amidine groups is 1. The molecule has 0 unspecified atom stereocenters. The Morgan fingerprint density at radius 2 is 2.04 bits per heavy atom. The maximum atomic E-state index is 12.4. The highest BCUT2D eigenvalue weighted by molar-refractivity contribution is 7.98. The summed E-state index contributed by atoms with van der Waals surface area (Å²) < 4.78 is 31.2. The molecule has 142 valence electrons. The van der Waals surface area contributed by atoms with Crippen molar-refractivity contribution >= 4 is 39.5 Å². The van der Waals surface area contributed by atoms with Gasteiger partial charge in [0.25, 0.3) is 10.0 Å². The van der Waals surface area contributed by atoms with Crippen LogP contribution < -0.4 is 10.0 Å². The number of sulfonamides is 1. The predicted octanol–water partition coefficient (Wildman–Crippen LogP) is 0.525. The lowest BCUT2D eigenvalue weighted by Crippen LogP contribution is -2.45. The van der Waals surface area contributed by atoms with Gasteiger partial charge in [-0.2, -0.15) is 11.8 Å². The van der Waals surface area contributed by atoms with Crippen LogP contribution in [0.3, 0.4) is 0 Å². The molecule has 2 N–H and O–H groups in total. The molecule has 0 aliphatic carbocycles. The summed E-state index contributed by atoms with van der Waals surface area (Å²) in [6.07, 6.45) is 2.33. The minimum atomic E-state index is -3.67. The minimum Gasteiger partial charge on any atom is -0.467 e. The van der Waals surface area contributed by atoms with Gasteiger partial charge >= 0.3 is 5.97 Å². The SMILES string of the molecule is COC(=O)[C@@H](CCSC)NC(=O)[C@H](C)N=C1NS(=O)(=O)c2ccccc21. The number of esters is 1. The fourth-order valence-corrected chi connectivity index (χ4v) is 4.11. The fourth-order valence-electron chi connectivity index (χ4n) is 2.40. The average Bonchev–Trinajstić information content (AvgIpc) is 2.88. The third-order valence-electron chi connectivity index (χ3n) is 3.78. The van der Waals surface area contributed by atoms with E-state index in [4.69, 9.17) is 4.74 Å². The molecule has 0 fully saturated rings. The molecule has 0 saturated heterocycles. The topological polar surface area (TPSA) is 114 Å². The van der Waals surface area contributed by atoms with E-state index < -0.39 is 34.0 Å². The van der Waals surface area contributed by atoms with Crippen molar-refractivity contribution in [3.8, 4) is 0 Å². The molecule has 0 radical (unpaired) electrons. The number of amides is 1. The number of hydrogen-bond donors (Lipinski definition) is 2. The second kappa shape index (κ2) is 8.54. The Kier molecular flexibility index (Phi) is 6.65. The van der Waals surface area contributed by atoms with Gasteiger partial charge in [-0.25, -0.2) is 13.2 Å². The molecule has 1 heterocycles. The van der Waals surface area contributed by atoms with Crippen molar-refractivity contribution in [2.75, 3.05) is 19.1 Å². The maximum Gasteiger partial charge on any atom is 0.328 e. The number of nitrogens with one attached hydrogen (secondary N) is 2. The molecule has 1 amide bonds. The first kappa shape index (κ1) is 20.2. The number of carbonyl (C=O) groups is 2. The quantitative estimate of drug-likeness (QED) is 0.647. The second-order valence-corrected chi connectivity index (χ2v) is 8.26. The molecule has 1 aliphatic heterocycles. The van der Waals surface area contributed by atoms with E-state index in [9.17, 15) is 18.0 Å². The Morgan fingerprint density at radius 1 is 1.35 bits per heavy atom. The van der Waals surface area contributed by atoms with Crippen molar-refractivity contribution in [1.82, 2.24) is 10.0 Å². The first-order valence-electron chi connectivity index (χ1n) is 7.87. The molecule has 1 aliphatic rings. The zero-order valence-corrected chi connectivity index (χ0v) is 16.3. The number of benzene rings is 1. The van der Waals surface area contributed by atoms with Crippen LogP contribution in [0.25, 0.3) is 0 Å². The van der Waals surface area contributed by atoms with Crippen LogP contribution in [-0.2, 0) is 24.3 Å². The normalized spacial score (nSPS) is 18.5. The molecule has 10 heteroatoms. The van der Waals surface area contributed by atoms with Crippen molar-refractivity contribution in [3.05, 3.63) is 29.8 Å². The van der Waals surface area contributed by atoms with E-state index in [0.717, 1.165) is 0 Å². The van der Waals surface area contributed by atoms with Gasteiger partial charge in [-0.05, 0) is 37.5 Å². The number of fused-ring (bicyclic) bond motifs is 1. The van der Waals surface area contributed by atoms with Gasteiger partial charge in [0.15, 0.2) is 0 Å². The molecule has 26 heavy (non-hydrogen) atoms. The summed E-state index contributed by atoms with van der Waals surface area (Å²) in [7, 11) is -2.41. The number of thioether (sulfide) groups is 1. The van der Waals surface area contributed by atoms with Crippen molar-refractivity contribution in [3.63, 3.8) is 0 Å². The van der Waals surface area contributed by atoms with E-state index in [1.165, 1.54) is 20.1 Å². The highest BCUT2D eigenvalue weighted by Gasteiger charge is 2.31. The number of methoxy groups -OCH3 is 1. The molecule has 0 bridgehead atoms. The van der Waals surface area contributed by atoms with Crippen molar-refractivity contribution < 1.29 is 22.7 Å². The number of hydrogen-bond acceptors (Lipinski definition) is 7. The number of ether oxygens (including phenoxy) is 1. The highest BCUT2D eigenvalue weighted by atomic mass is 32.2. The van der Waals surface area contributed by atoms with Gasteiger partial charge in [0.1, 0.15) is 17.9 Å². The third kappa shape index (κ3) is 4.55. The van der Waals surface area contributed by atoms with E-state index in [1.54, 1.807) is 30.0 Å². The first-order valence-corrected chi connectivity index (χ1v) is 10.7. The number of nitrogens with zero attached hydrogens (tertiary/aromatic N) is 1. The molecular weight excluding hydrogens is 378 g/mol. The number of aliphatic imine (C=N–C) groups is 1. The maximum absolute atomic E-state index is 12.4. The van der Waals surface area contributed by atoms with Gasteiger partial charge in [-0.3, -0.25) is 14.5 Å². The Labute approximate surface area is 156 Å². The molecule has 1 aromatic rings. The van der Waals surface area contributed by atoms with Gasteiger partial charge < -0.3 is 10.1 Å². The van der Waals surface area contributed by atoms with E-state index >= 15 is 0 Å². The monoisotopic (exact) mass is 399 g/mol. The van der Waals surface area contributed by atoms with Crippen molar-refractivity contribution in [2.24, 2.45) is 4.99 Å². The van der Waals surface area contributed by atoms with Crippen LogP contribution in [-0.4, -0.2) is 57.3 Å². The lowest BCUT2D eigenvalue weighted by molar-refractivity contribution is -0.145. The standard InChI is InChI=1S/C16H21N3O5S2/c1-10(15(20)18-12(8-9-25-3)16(21)24-2)17-14-11-6-4-5-7-13(11)26(22,23)19-14/h4-7,10,12H,8-9H2,1-3H3,(H,17,19)(H,18,20)/t10-,12+/m0/s1. The molecule has 0 saturated carbocycles. The van der Waals surface area contributed by atoms with Gasteiger partial charge in [0.2, 0.25) is 5.91 Å². The van der Waals surface area contributed by atoms with E-state index in [1.807, 2.05) is 6.26 Å². The minimum absolute atomic E-state index is 0.113. The third-order valence-corrected chi connectivity index (χ3v) is 5.82. The van der Waals surface area contributed by atoms with Crippen molar-refractivity contribution in [1.29, 1.82) is 0 Å². The Morgan fingerprint density at radius 3 is 2.69 bits per heavy atom. The van der Waals surface area contributed by atoms with Crippen LogP contribution in [0.15, 0.2) is 34.2 Å². The largest absolute Gasteiger partial charge is 0.467 e. The summed E-state index contributed by atoms with van der Waals surface area (Å²) in [5, 5.41) is 2.61. The summed E-state index contributed by atoms with van der Waals surface area (Å²) in [6, 6.07) is 4.74. The highest BCUT2D eigenvalue weighted by Crippen LogP contribution is 2.22. The summed E-state index contributed by atoms with van der Waals surface area (Å²) in [5.74, 6) is -0.227. The van der Waals surface area contributed by atoms with E-state index in [2.05, 4.69) is 15.0 Å². The molecule has 2 rings (SSSR count). The summed E-state index contributed by atoms with van der Waals surface area (Å²) >= 11 is 1.55. The Balaban J connectivity index is 2.16. The molecule has 1 aromatic carbocycles. The molecule has 0 spiro atoms. The Hall–Kier alpha value is -2.07. The predicted molar refractivity (Wildman–Crippen MR) is 99.7 cm³/mol. The van der Waals surface area contributed by atoms with E-state index in [-0.39, 0.29) is 10.7 Å². The van der Waals surface area contributed by atoms with Gasteiger partial charge in [-0.1, -0.05) is 12.1 Å². The number of rotatable bonds is 7. The van der Waals surface area contributed by atoms with Crippen LogP contribution in [0, 0.1) is 0 Å². The molecule has 2 atom stereocenters. The average molecular weight is 399 g/mol. The van der Waals surface area contributed by atoms with Crippen LogP contribution in [0.5, 0.6) is 0 Å². The second-order valence-electron chi connectivity index (χ2n) is 5.62. The molecule has 0 aromatic heterocycles. The summed E-state index contributed by atoms with van der Waals surface area (Å²) in [4.78, 5) is 28.5. The van der Waals surface area contributed by atoms with Crippen LogP contribution in [0.2, 0.25) is 0 Å². The lowest BCUT2D eigenvalue weighted by Gasteiger charge is -2.17. The van der Waals surface area contributed by atoms with Crippen LogP contribution in [0.1, 0.15) is 18.9 Å². The van der Waals surface area contributed by atoms with Gasteiger partial charge in [0, 0.05) is 5.56 Å². The van der Waals surface area contributed by atoms with Gasteiger partial charge in [-0.15, -0.1) is 0 Å². The summed E-state index contributed by atoms with van der Waals surface area (Å²) in [5.41, 5.74) is 0.416. The van der Waals surface area contributed by atoms with Crippen molar-refractivity contribution in [2.45, 2.75) is 30.3 Å². The van der Waals surface area contributed by atoms with Crippen LogP contribution in [0.4, 0.5) is 0 Å². The molecular formula is C16H21N3O5S2. The zero-order valence-electron chi connectivity index (χ0n) is 14.7. The first-order chi connectivity index (χ1) is 12.3. The van der Waals surface area contributed by atoms with E-state index in [0.29, 0.717) is 17.7 Å². The fraction of sp³-hybridized carbons (Fsp3) is 0.438. The van der Waals surface area contributed by atoms with Gasteiger partial charge in [0.05, 0.1) is 12.0 Å². The lowest BCUT2D eigenvalue weighted by atomic mass is 10.2. The Bertz CT molecular complexity index is 823. The number of carbonyl (C=O) groups excluding carboxylic acids is 2.